The SMILES string of the molecule is O=C(NCC(O)C1COC2=C(C=CCC2)O1)c1ccccc1. The molecule has 3 rings (SSSR count). The van der Waals surface area contributed by atoms with Crippen molar-refractivity contribution >= 4 is 5.91 Å². The third-order valence-electron chi connectivity index (χ3n) is 3.72. The van der Waals surface area contributed by atoms with E-state index in [0.717, 1.165) is 18.6 Å². The number of carbonyl (C=O) groups is 1. The van der Waals surface area contributed by atoms with E-state index in [1.807, 2.05) is 18.2 Å². The first-order valence-electron chi connectivity index (χ1n) is 7.44. The number of ether oxygens (including phenoxy) is 2. The van der Waals surface area contributed by atoms with Gasteiger partial charge in [0.2, 0.25) is 0 Å². The average molecular weight is 301 g/mol. The minimum absolute atomic E-state index is 0.119. The number of allylic oxidation sites excluding steroid dienone is 3. The normalized spacial score (nSPS) is 21.4. The van der Waals surface area contributed by atoms with E-state index in [2.05, 4.69) is 5.32 Å². The molecule has 5 nitrogen and oxygen atoms in total. The van der Waals surface area contributed by atoms with E-state index in [-0.39, 0.29) is 12.5 Å². The van der Waals surface area contributed by atoms with Crippen LogP contribution in [0.2, 0.25) is 0 Å². The Hall–Kier alpha value is -2.27. The summed E-state index contributed by atoms with van der Waals surface area (Å²) in [5.41, 5.74) is 0.565. The van der Waals surface area contributed by atoms with Crippen LogP contribution in [0.15, 0.2) is 54.0 Å². The van der Waals surface area contributed by atoms with Crippen LogP contribution in [0.25, 0.3) is 0 Å². The van der Waals surface area contributed by atoms with E-state index >= 15 is 0 Å². The van der Waals surface area contributed by atoms with Crippen molar-refractivity contribution in [2.75, 3.05) is 13.2 Å². The molecule has 22 heavy (non-hydrogen) atoms. The minimum atomic E-state index is -0.822. The summed E-state index contributed by atoms with van der Waals surface area (Å²) < 4.78 is 11.4. The number of amides is 1. The van der Waals surface area contributed by atoms with E-state index in [0.29, 0.717) is 17.9 Å². The Kier molecular flexibility index (Phi) is 4.44. The molecule has 0 saturated heterocycles. The molecule has 1 heterocycles. The molecule has 0 saturated carbocycles. The van der Waals surface area contributed by atoms with Crippen molar-refractivity contribution < 1.29 is 19.4 Å². The molecular formula is C17H19NO4. The maximum Gasteiger partial charge on any atom is 0.251 e. The lowest BCUT2D eigenvalue weighted by Crippen LogP contribution is -2.43. The minimum Gasteiger partial charge on any atom is -0.490 e. The Bertz CT molecular complexity index is 594. The largest absolute Gasteiger partial charge is 0.490 e. The van der Waals surface area contributed by atoms with Crippen molar-refractivity contribution in [1.29, 1.82) is 0 Å². The molecule has 116 valence electrons. The van der Waals surface area contributed by atoms with Crippen LogP contribution in [0.4, 0.5) is 0 Å². The van der Waals surface area contributed by atoms with Gasteiger partial charge in [-0.1, -0.05) is 24.3 Å². The molecule has 5 heteroatoms. The Balaban J connectivity index is 1.52. The molecule has 0 aromatic heterocycles. The van der Waals surface area contributed by atoms with Crippen molar-refractivity contribution in [3.63, 3.8) is 0 Å². The van der Waals surface area contributed by atoms with Gasteiger partial charge in [-0.25, -0.2) is 0 Å². The highest BCUT2D eigenvalue weighted by Gasteiger charge is 2.29. The lowest BCUT2D eigenvalue weighted by Gasteiger charge is -2.31. The second-order valence-corrected chi connectivity index (χ2v) is 5.34. The van der Waals surface area contributed by atoms with Crippen LogP contribution in [0.5, 0.6) is 0 Å². The third kappa shape index (κ3) is 3.31. The number of nitrogens with one attached hydrogen (secondary N) is 1. The van der Waals surface area contributed by atoms with Crippen LogP contribution in [-0.2, 0) is 9.47 Å². The Morgan fingerprint density at radius 2 is 2.18 bits per heavy atom. The molecule has 2 N–H and O–H groups in total. The van der Waals surface area contributed by atoms with Gasteiger partial charge in [-0.2, -0.15) is 0 Å². The van der Waals surface area contributed by atoms with Crippen molar-refractivity contribution in [3.8, 4) is 0 Å². The van der Waals surface area contributed by atoms with E-state index in [1.165, 1.54) is 0 Å². The number of benzene rings is 1. The van der Waals surface area contributed by atoms with Gasteiger partial charge in [-0.05, 0) is 24.6 Å². The fourth-order valence-electron chi connectivity index (χ4n) is 2.46. The molecule has 1 aromatic rings. The summed E-state index contributed by atoms with van der Waals surface area (Å²) in [4.78, 5) is 11.9. The van der Waals surface area contributed by atoms with Crippen molar-refractivity contribution in [1.82, 2.24) is 5.32 Å². The Labute approximate surface area is 129 Å². The first kappa shape index (κ1) is 14.7. The molecular weight excluding hydrogens is 282 g/mol. The highest BCUT2D eigenvalue weighted by molar-refractivity contribution is 5.94. The van der Waals surface area contributed by atoms with Crippen LogP contribution >= 0.6 is 0 Å². The zero-order valence-electron chi connectivity index (χ0n) is 12.2. The lowest BCUT2D eigenvalue weighted by atomic mass is 10.1. The maximum absolute atomic E-state index is 11.9. The van der Waals surface area contributed by atoms with Crippen LogP contribution in [0.3, 0.4) is 0 Å². The van der Waals surface area contributed by atoms with E-state index in [4.69, 9.17) is 9.47 Å². The summed E-state index contributed by atoms with van der Waals surface area (Å²) in [5.74, 6) is 1.32. The number of rotatable bonds is 4. The van der Waals surface area contributed by atoms with Crippen LogP contribution < -0.4 is 5.32 Å². The number of aliphatic hydroxyl groups is 1. The van der Waals surface area contributed by atoms with E-state index in [1.54, 1.807) is 24.3 Å². The van der Waals surface area contributed by atoms with E-state index in [9.17, 15) is 9.90 Å². The van der Waals surface area contributed by atoms with Crippen molar-refractivity contribution in [2.45, 2.75) is 25.0 Å². The number of hydrogen-bond acceptors (Lipinski definition) is 4. The molecule has 0 bridgehead atoms. The number of aliphatic hydroxyl groups excluding tert-OH is 1. The van der Waals surface area contributed by atoms with Crippen LogP contribution in [0, 0.1) is 0 Å². The summed E-state index contributed by atoms with van der Waals surface area (Å²) >= 11 is 0. The molecule has 1 aliphatic heterocycles. The molecule has 1 amide bonds. The molecule has 2 atom stereocenters. The van der Waals surface area contributed by atoms with Gasteiger partial charge in [0.15, 0.2) is 11.9 Å². The summed E-state index contributed by atoms with van der Waals surface area (Å²) in [7, 11) is 0. The van der Waals surface area contributed by atoms with Crippen molar-refractivity contribution in [2.24, 2.45) is 0 Å². The quantitative estimate of drug-likeness (QED) is 0.889. The zero-order chi connectivity index (χ0) is 15.4. The third-order valence-corrected chi connectivity index (χ3v) is 3.72. The molecule has 2 aliphatic rings. The van der Waals surface area contributed by atoms with Gasteiger partial charge in [0.1, 0.15) is 18.5 Å². The summed E-state index contributed by atoms with van der Waals surface area (Å²) in [6.07, 6.45) is 4.38. The second kappa shape index (κ2) is 6.66. The van der Waals surface area contributed by atoms with Gasteiger partial charge < -0.3 is 19.9 Å². The Morgan fingerprint density at radius 3 is 3.00 bits per heavy atom. The van der Waals surface area contributed by atoms with Gasteiger partial charge in [-0.15, -0.1) is 0 Å². The molecule has 0 fully saturated rings. The van der Waals surface area contributed by atoms with Gasteiger partial charge >= 0.3 is 0 Å². The van der Waals surface area contributed by atoms with E-state index < -0.39 is 12.2 Å². The highest BCUT2D eigenvalue weighted by atomic mass is 16.6. The number of carbonyl (C=O) groups excluding carboxylic acids is 1. The summed E-state index contributed by atoms with van der Waals surface area (Å²) in [5, 5.41) is 12.9. The molecule has 1 aromatic carbocycles. The topological polar surface area (TPSA) is 67.8 Å². The molecule has 0 radical (unpaired) electrons. The first-order valence-corrected chi connectivity index (χ1v) is 7.44. The predicted molar refractivity (Wildman–Crippen MR) is 81.0 cm³/mol. The second-order valence-electron chi connectivity index (χ2n) is 5.34. The van der Waals surface area contributed by atoms with Gasteiger partial charge in [0.25, 0.3) is 5.91 Å². The fourth-order valence-corrected chi connectivity index (χ4v) is 2.46. The molecule has 1 aliphatic carbocycles. The predicted octanol–water partition coefficient (Wildman–Crippen LogP) is 1.75. The zero-order valence-corrected chi connectivity index (χ0v) is 12.2. The lowest BCUT2D eigenvalue weighted by molar-refractivity contribution is -0.0662. The fraction of sp³-hybridized carbons (Fsp3) is 0.353. The van der Waals surface area contributed by atoms with Gasteiger partial charge in [0, 0.05) is 18.5 Å². The maximum atomic E-state index is 11.9. The Morgan fingerprint density at radius 1 is 1.36 bits per heavy atom. The van der Waals surface area contributed by atoms with Crippen LogP contribution in [-0.4, -0.2) is 36.4 Å². The standard InChI is InChI=1S/C17H19NO4/c19-13(10-18-17(20)12-6-2-1-3-7-12)16-11-21-14-8-4-5-9-15(14)22-16/h1-3,5-7,9,13,16,19H,4,8,10-11H2,(H,18,20). The number of hydrogen-bond donors (Lipinski definition) is 2. The van der Waals surface area contributed by atoms with Gasteiger partial charge in [-0.3, -0.25) is 4.79 Å². The smallest absolute Gasteiger partial charge is 0.251 e. The molecule has 0 spiro atoms. The average Bonchev–Trinajstić information content (AvgIpc) is 2.59. The molecule has 2 unspecified atom stereocenters. The summed E-state index contributed by atoms with van der Waals surface area (Å²) in [6.45, 7) is 0.420. The van der Waals surface area contributed by atoms with Gasteiger partial charge in [0.05, 0.1) is 0 Å². The van der Waals surface area contributed by atoms with Crippen LogP contribution in [0.1, 0.15) is 23.2 Å². The van der Waals surface area contributed by atoms with Crippen molar-refractivity contribution in [3.05, 3.63) is 59.6 Å². The first-order chi connectivity index (χ1) is 10.7. The monoisotopic (exact) mass is 301 g/mol. The summed E-state index contributed by atoms with van der Waals surface area (Å²) in [6, 6.07) is 8.90. The highest BCUT2D eigenvalue weighted by Crippen LogP contribution is 2.27.